The van der Waals surface area contributed by atoms with Crippen molar-refractivity contribution in [3.63, 3.8) is 0 Å². The lowest BCUT2D eigenvalue weighted by molar-refractivity contribution is -0.119. The van der Waals surface area contributed by atoms with E-state index in [1.807, 2.05) is 43.3 Å². The van der Waals surface area contributed by atoms with E-state index in [0.29, 0.717) is 12.8 Å². The van der Waals surface area contributed by atoms with E-state index < -0.39 is 0 Å². The summed E-state index contributed by atoms with van der Waals surface area (Å²) in [7, 11) is 0. The van der Waals surface area contributed by atoms with Crippen LogP contribution in [0.25, 0.3) is 0 Å². The Kier molecular flexibility index (Phi) is 3.96. The Morgan fingerprint density at radius 1 is 1.08 bits per heavy atom. The number of aromatic nitrogens is 1. The topological polar surface area (TPSA) is 50.3 Å². The fourth-order valence-corrected chi connectivity index (χ4v) is 3.86. The molecular weight excluding hydrogens is 312 g/mol. The van der Waals surface area contributed by atoms with E-state index in [1.165, 1.54) is 5.56 Å². The molecule has 1 aliphatic heterocycles. The zero-order chi connectivity index (χ0) is 17.4. The number of rotatable bonds is 2. The van der Waals surface area contributed by atoms with Crippen LogP contribution in [-0.4, -0.2) is 16.7 Å². The van der Waals surface area contributed by atoms with Crippen molar-refractivity contribution >= 4 is 17.4 Å². The summed E-state index contributed by atoms with van der Waals surface area (Å²) in [6.07, 6.45) is 5.81. The first-order valence-corrected chi connectivity index (χ1v) is 8.71. The molecule has 1 amide bonds. The van der Waals surface area contributed by atoms with Gasteiger partial charge in [0.2, 0.25) is 5.91 Å². The summed E-state index contributed by atoms with van der Waals surface area (Å²) in [5.74, 6) is 0.0732. The van der Waals surface area contributed by atoms with Crippen molar-refractivity contribution in [1.29, 1.82) is 0 Å². The average Bonchev–Trinajstić information content (AvgIpc) is 2.62. The molecule has 25 heavy (non-hydrogen) atoms. The highest BCUT2D eigenvalue weighted by atomic mass is 16.2. The van der Waals surface area contributed by atoms with Gasteiger partial charge < -0.3 is 0 Å². The van der Waals surface area contributed by atoms with Crippen molar-refractivity contribution in [1.82, 2.24) is 4.98 Å². The van der Waals surface area contributed by atoms with Crippen molar-refractivity contribution in [3.05, 3.63) is 71.2 Å². The number of Topliss-reactive ketones (excluding diaryl/α,β-unsaturated/α-hetero) is 1. The Balaban J connectivity index is 1.85. The molecule has 4 rings (SSSR count). The second-order valence-electron chi connectivity index (χ2n) is 6.74. The molecule has 0 saturated carbocycles. The SMILES string of the molecule is Cc1ccc(C2CC(=O)N(c3cccnc3)C3=C2C(=O)CCC3)cc1. The van der Waals surface area contributed by atoms with E-state index in [-0.39, 0.29) is 17.6 Å². The molecule has 2 aromatic rings. The monoisotopic (exact) mass is 332 g/mol. The second kappa shape index (κ2) is 6.28. The van der Waals surface area contributed by atoms with Gasteiger partial charge in [0.25, 0.3) is 0 Å². The van der Waals surface area contributed by atoms with E-state index in [1.54, 1.807) is 17.3 Å². The molecule has 0 saturated heterocycles. The minimum Gasteiger partial charge on any atom is -0.294 e. The quantitative estimate of drug-likeness (QED) is 0.837. The Morgan fingerprint density at radius 2 is 1.88 bits per heavy atom. The van der Waals surface area contributed by atoms with Crippen LogP contribution >= 0.6 is 0 Å². The van der Waals surface area contributed by atoms with Crippen molar-refractivity contribution in [2.24, 2.45) is 0 Å². The summed E-state index contributed by atoms with van der Waals surface area (Å²) in [6, 6.07) is 11.9. The molecule has 1 aromatic carbocycles. The number of ketones is 1. The lowest BCUT2D eigenvalue weighted by Gasteiger charge is -2.38. The molecule has 0 N–H and O–H groups in total. The number of hydrogen-bond donors (Lipinski definition) is 0. The maximum atomic E-state index is 13.0. The number of allylic oxidation sites excluding steroid dienone is 2. The van der Waals surface area contributed by atoms with Crippen LogP contribution in [0.15, 0.2) is 60.1 Å². The van der Waals surface area contributed by atoms with E-state index in [9.17, 15) is 9.59 Å². The molecule has 0 bridgehead atoms. The summed E-state index contributed by atoms with van der Waals surface area (Å²) in [5, 5.41) is 0. The van der Waals surface area contributed by atoms with Gasteiger partial charge in [-0.25, -0.2) is 0 Å². The fourth-order valence-electron chi connectivity index (χ4n) is 3.86. The number of carbonyl (C=O) groups excluding carboxylic acids is 2. The fraction of sp³-hybridized carbons (Fsp3) is 0.286. The third-order valence-corrected chi connectivity index (χ3v) is 5.06. The predicted octanol–water partition coefficient (Wildman–Crippen LogP) is 3.92. The van der Waals surface area contributed by atoms with Gasteiger partial charge in [-0.05, 0) is 37.5 Å². The van der Waals surface area contributed by atoms with Gasteiger partial charge in [-0.1, -0.05) is 29.8 Å². The predicted molar refractivity (Wildman–Crippen MR) is 96.1 cm³/mol. The maximum absolute atomic E-state index is 13.0. The molecule has 4 heteroatoms. The molecular formula is C21H20N2O2. The Hall–Kier alpha value is -2.75. The maximum Gasteiger partial charge on any atom is 0.232 e. The molecule has 4 nitrogen and oxygen atoms in total. The number of carbonyl (C=O) groups is 2. The van der Waals surface area contributed by atoms with Crippen LogP contribution in [0.5, 0.6) is 0 Å². The van der Waals surface area contributed by atoms with E-state index in [0.717, 1.165) is 35.4 Å². The highest BCUT2D eigenvalue weighted by molar-refractivity contribution is 6.07. The van der Waals surface area contributed by atoms with Crippen LogP contribution in [0, 0.1) is 6.92 Å². The van der Waals surface area contributed by atoms with Gasteiger partial charge in [0.05, 0.1) is 11.9 Å². The standard InChI is InChI=1S/C21H20N2O2/c1-14-7-9-15(10-8-14)17-12-20(25)23(16-4-3-11-22-13-16)18-5-2-6-19(24)21(17)18/h3-4,7-11,13,17H,2,5-6,12H2,1H3. The van der Waals surface area contributed by atoms with Crippen LogP contribution in [0.2, 0.25) is 0 Å². The molecule has 1 aliphatic carbocycles. The van der Waals surface area contributed by atoms with Crippen LogP contribution in [0.3, 0.4) is 0 Å². The largest absolute Gasteiger partial charge is 0.294 e. The van der Waals surface area contributed by atoms with Gasteiger partial charge >= 0.3 is 0 Å². The number of hydrogen-bond acceptors (Lipinski definition) is 3. The first-order chi connectivity index (χ1) is 12.1. The van der Waals surface area contributed by atoms with E-state index in [4.69, 9.17) is 0 Å². The minimum absolute atomic E-state index is 0.0343. The zero-order valence-corrected chi connectivity index (χ0v) is 14.2. The van der Waals surface area contributed by atoms with Crippen LogP contribution in [0.4, 0.5) is 5.69 Å². The molecule has 126 valence electrons. The average molecular weight is 332 g/mol. The van der Waals surface area contributed by atoms with Crippen LogP contribution in [0.1, 0.15) is 42.7 Å². The molecule has 0 fully saturated rings. The van der Waals surface area contributed by atoms with Gasteiger partial charge in [-0.3, -0.25) is 19.5 Å². The number of anilines is 1. The normalized spacial score (nSPS) is 20.7. The van der Waals surface area contributed by atoms with Crippen molar-refractivity contribution in [2.45, 2.75) is 38.5 Å². The summed E-state index contributed by atoms with van der Waals surface area (Å²) in [4.78, 5) is 31.6. The lowest BCUT2D eigenvalue weighted by Crippen LogP contribution is -2.40. The van der Waals surface area contributed by atoms with E-state index >= 15 is 0 Å². The van der Waals surface area contributed by atoms with Gasteiger partial charge in [0.15, 0.2) is 5.78 Å². The minimum atomic E-state index is -0.135. The first-order valence-electron chi connectivity index (χ1n) is 8.71. The molecule has 1 atom stereocenters. The van der Waals surface area contributed by atoms with Gasteiger partial charge in [-0.2, -0.15) is 0 Å². The van der Waals surface area contributed by atoms with Gasteiger partial charge in [0, 0.05) is 36.2 Å². The highest BCUT2D eigenvalue weighted by Crippen LogP contribution is 2.43. The van der Waals surface area contributed by atoms with Crippen molar-refractivity contribution < 1.29 is 9.59 Å². The Labute approximate surface area is 147 Å². The van der Waals surface area contributed by atoms with Crippen molar-refractivity contribution in [2.75, 3.05) is 4.90 Å². The number of amides is 1. The third-order valence-electron chi connectivity index (χ3n) is 5.06. The molecule has 2 aliphatic rings. The summed E-state index contributed by atoms with van der Waals surface area (Å²) in [6.45, 7) is 2.04. The van der Waals surface area contributed by atoms with Crippen LogP contribution < -0.4 is 4.90 Å². The summed E-state index contributed by atoms with van der Waals surface area (Å²) < 4.78 is 0. The highest BCUT2D eigenvalue weighted by Gasteiger charge is 2.39. The Bertz CT molecular complexity index is 853. The molecule has 0 spiro atoms. The molecule has 2 heterocycles. The third kappa shape index (κ3) is 2.78. The number of benzene rings is 1. The smallest absolute Gasteiger partial charge is 0.232 e. The number of aryl methyl sites for hydroxylation is 1. The second-order valence-corrected chi connectivity index (χ2v) is 6.74. The van der Waals surface area contributed by atoms with Crippen LogP contribution in [-0.2, 0) is 9.59 Å². The van der Waals surface area contributed by atoms with E-state index in [2.05, 4.69) is 4.98 Å². The van der Waals surface area contributed by atoms with Gasteiger partial charge in [-0.15, -0.1) is 0 Å². The summed E-state index contributed by atoms with van der Waals surface area (Å²) >= 11 is 0. The first kappa shape index (κ1) is 15.8. The van der Waals surface area contributed by atoms with Crippen molar-refractivity contribution in [3.8, 4) is 0 Å². The molecule has 0 radical (unpaired) electrons. The molecule has 1 unspecified atom stereocenters. The zero-order valence-electron chi connectivity index (χ0n) is 14.2. The summed E-state index contributed by atoms with van der Waals surface area (Å²) in [5.41, 5.74) is 4.65. The number of nitrogens with zero attached hydrogens (tertiary/aromatic N) is 2. The Morgan fingerprint density at radius 3 is 2.60 bits per heavy atom. The molecule has 1 aromatic heterocycles. The number of pyridine rings is 1. The lowest BCUT2D eigenvalue weighted by atomic mass is 9.77. The van der Waals surface area contributed by atoms with Gasteiger partial charge in [0.1, 0.15) is 0 Å².